The highest BCUT2D eigenvalue weighted by molar-refractivity contribution is 9.11. The monoisotopic (exact) mass is 319 g/mol. The molecule has 14 heavy (non-hydrogen) atoms. The van der Waals surface area contributed by atoms with E-state index in [9.17, 15) is 0 Å². The Bertz CT molecular complexity index is 312. The van der Waals surface area contributed by atoms with Gasteiger partial charge in [0.05, 0.1) is 0 Å². The summed E-state index contributed by atoms with van der Waals surface area (Å²) in [5, 5.41) is 0. The van der Waals surface area contributed by atoms with Crippen molar-refractivity contribution in [3.8, 4) is 0 Å². The minimum absolute atomic E-state index is 0.285. The first kappa shape index (κ1) is 12.2. The third kappa shape index (κ3) is 2.59. The molecule has 78 valence electrons. The maximum Gasteiger partial charge on any atom is 0.0405 e. The van der Waals surface area contributed by atoms with E-state index in [0.717, 1.165) is 14.5 Å². The summed E-state index contributed by atoms with van der Waals surface area (Å²) in [5.74, 6) is 0.406. The molecule has 1 aromatic carbocycles. The van der Waals surface area contributed by atoms with Crippen LogP contribution in [0.15, 0.2) is 27.1 Å². The van der Waals surface area contributed by atoms with Crippen molar-refractivity contribution in [2.24, 2.45) is 11.7 Å². The molecule has 0 radical (unpaired) electrons. The third-order valence-electron chi connectivity index (χ3n) is 2.68. The van der Waals surface area contributed by atoms with Gasteiger partial charge in [-0.1, -0.05) is 45.7 Å². The molecule has 0 aliphatic carbocycles. The summed E-state index contributed by atoms with van der Waals surface area (Å²) in [7, 11) is 0. The molecule has 3 heteroatoms. The van der Waals surface area contributed by atoms with Crippen LogP contribution < -0.4 is 5.73 Å². The summed E-state index contributed by atoms with van der Waals surface area (Å²) in [6.07, 6.45) is 0. The molecule has 0 aliphatic rings. The molecule has 0 bridgehead atoms. The average molecular weight is 321 g/mol. The maximum absolute atomic E-state index is 6.28. The fraction of sp³-hybridized carbons (Fsp3) is 0.455. The third-order valence-corrected chi connectivity index (χ3v) is 3.60. The van der Waals surface area contributed by atoms with E-state index in [1.807, 2.05) is 6.07 Å². The minimum atomic E-state index is -0.285. The number of hydrogen-bond donors (Lipinski definition) is 1. The van der Waals surface area contributed by atoms with Gasteiger partial charge < -0.3 is 5.73 Å². The minimum Gasteiger partial charge on any atom is -0.321 e. The predicted molar refractivity (Wildman–Crippen MR) is 68.2 cm³/mol. The van der Waals surface area contributed by atoms with Gasteiger partial charge in [0, 0.05) is 14.5 Å². The summed E-state index contributed by atoms with van der Waals surface area (Å²) in [6.45, 7) is 6.33. The largest absolute Gasteiger partial charge is 0.321 e. The number of benzene rings is 1. The second-order valence-electron chi connectivity index (χ2n) is 4.10. The predicted octanol–water partition coefficient (Wildman–Crippen LogP) is 4.04. The quantitative estimate of drug-likeness (QED) is 0.874. The van der Waals surface area contributed by atoms with Gasteiger partial charge in [-0.05, 0) is 36.6 Å². The topological polar surface area (TPSA) is 26.0 Å². The van der Waals surface area contributed by atoms with Crippen molar-refractivity contribution < 1.29 is 0 Å². The number of halogens is 2. The number of hydrogen-bond acceptors (Lipinski definition) is 1. The average Bonchev–Trinajstić information content (AvgIpc) is 2.01. The fourth-order valence-electron chi connectivity index (χ4n) is 1.20. The Hall–Kier alpha value is 0.140. The van der Waals surface area contributed by atoms with Crippen LogP contribution in [0.4, 0.5) is 0 Å². The van der Waals surface area contributed by atoms with Crippen LogP contribution in [-0.4, -0.2) is 0 Å². The Kier molecular flexibility index (Phi) is 3.78. The van der Waals surface area contributed by atoms with Gasteiger partial charge in [-0.3, -0.25) is 0 Å². The van der Waals surface area contributed by atoms with E-state index in [1.54, 1.807) is 0 Å². The van der Waals surface area contributed by atoms with E-state index < -0.39 is 0 Å². The molecule has 1 unspecified atom stereocenters. The van der Waals surface area contributed by atoms with Crippen molar-refractivity contribution in [2.45, 2.75) is 26.3 Å². The lowest BCUT2D eigenvalue weighted by molar-refractivity contribution is 0.350. The Morgan fingerprint density at radius 3 is 1.93 bits per heavy atom. The molecule has 1 atom stereocenters. The van der Waals surface area contributed by atoms with Crippen molar-refractivity contribution in [3.05, 3.63) is 32.7 Å². The highest BCUT2D eigenvalue weighted by Gasteiger charge is 2.25. The highest BCUT2D eigenvalue weighted by Crippen LogP contribution is 2.30. The van der Waals surface area contributed by atoms with Crippen LogP contribution in [0.2, 0.25) is 0 Å². The van der Waals surface area contributed by atoms with Crippen LogP contribution in [0.25, 0.3) is 0 Å². The molecule has 0 heterocycles. The molecule has 0 amide bonds. The van der Waals surface area contributed by atoms with Crippen LogP contribution in [-0.2, 0) is 5.54 Å². The summed E-state index contributed by atoms with van der Waals surface area (Å²) in [5.41, 5.74) is 7.14. The molecular weight excluding hydrogens is 306 g/mol. The SMILES string of the molecule is CC(C)C(C)(N)c1cc(Br)cc(Br)c1. The summed E-state index contributed by atoms with van der Waals surface area (Å²) in [6, 6.07) is 6.16. The Balaban J connectivity index is 3.18. The van der Waals surface area contributed by atoms with E-state index in [4.69, 9.17) is 5.73 Å². The maximum atomic E-state index is 6.28. The van der Waals surface area contributed by atoms with Crippen molar-refractivity contribution in [1.29, 1.82) is 0 Å². The van der Waals surface area contributed by atoms with E-state index in [2.05, 4.69) is 64.8 Å². The zero-order valence-electron chi connectivity index (χ0n) is 8.64. The molecule has 0 fully saturated rings. The fourth-order valence-corrected chi connectivity index (χ4v) is 2.49. The van der Waals surface area contributed by atoms with Gasteiger partial charge in [-0.2, -0.15) is 0 Å². The molecule has 0 aromatic heterocycles. The van der Waals surface area contributed by atoms with Gasteiger partial charge in [0.25, 0.3) is 0 Å². The van der Waals surface area contributed by atoms with Gasteiger partial charge in [-0.15, -0.1) is 0 Å². The first-order chi connectivity index (χ1) is 6.34. The summed E-state index contributed by atoms with van der Waals surface area (Å²) < 4.78 is 2.11. The van der Waals surface area contributed by atoms with Gasteiger partial charge >= 0.3 is 0 Å². The van der Waals surface area contributed by atoms with Gasteiger partial charge in [0.15, 0.2) is 0 Å². The normalized spacial score (nSPS) is 15.6. The first-order valence-electron chi connectivity index (χ1n) is 4.59. The van der Waals surface area contributed by atoms with Crippen LogP contribution in [0.5, 0.6) is 0 Å². The lowest BCUT2D eigenvalue weighted by atomic mass is 9.83. The molecular formula is C11H15Br2N. The number of rotatable bonds is 2. The zero-order chi connectivity index (χ0) is 10.9. The second kappa shape index (κ2) is 4.33. The smallest absolute Gasteiger partial charge is 0.0405 e. The van der Waals surface area contributed by atoms with E-state index in [0.29, 0.717) is 5.92 Å². The Morgan fingerprint density at radius 2 is 1.57 bits per heavy atom. The summed E-state index contributed by atoms with van der Waals surface area (Å²) in [4.78, 5) is 0. The molecule has 0 aliphatic heterocycles. The van der Waals surface area contributed by atoms with Crippen LogP contribution in [0.1, 0.15) is 26.3 Å². The van der Waals surface area contributed by atoms with E-state index in [1.165, 1.54) is 0 Å². The van der Waals surface area contributed by atoms with Crippen LogP contribution >= 0.6 is 31.9 Å². The lowest BCUT2D eigenvalue weighted by Crippen LogP contribution is -2.38. The van der Waals surface area contributed by atoms with E-state index >= 15 is 0 Å². The number of nitrogens with two attached hydrogens (primary N) is 1. The van der Waals surface area contributed by atoms with Gasteiger partial charge in [-0.25, -0.2) is 0 Å². The van der Waals surface area contributed by atoms with Gasteiger partial charge in [0.2, 0.25) is 0 Å². The standard InChI is InChI=1S/C11H15Br2N/c1-7(2)11(3,14)8-4-9(12)6-10(13)5-8/h4-7H,14H2,1-3H3. The Morgan fingerprint density at radius 1 is 1.14 bits per heavy atom. The van der Waals surface area contributed by atoms with Crippen molar-refractivity contribution in [1.82, 2.24) is 0 Å². The molecule has 1 nitrogen and oxygen atoms in total. The molecule has 1 aromatic rings. The van der Waals surface area contributed by atoms with Crippen molar-refractivity contribution in [2.75, 3.05) is 0 Å². The Labute approximate surface area is 102 Å². The summed E-state index contributed by atoms with van der Waals surface area (Å²) >= 11 is 6.94. The first-order valence-corrected chi connectivity index (χ1v) is 6.18. The van der Waals surface area contributed by atoms with Gasteiger partial charge in [0.1, 0.15) is 0 Å². The zero-order valence-corrected chi connectivity index (χ0v) is 11.8. The highest BCUT2D eigenvalue weighted by atomic mass is 79.9. The molecule has 0 spiro atoms. The molecule has 0 saturated carbocycles. The van der Waals surface area contributed by atoms with Crippen LogP contribution in [0, 0.1) is 5.92 Å². The van der Waals surface area contributed by atoms with Crippen molar-refractivity contribution >= 4 is 31.9 Å². The second-order valence-corrected chi connectivity index (χ2v) is 5.93. The molecule has 0 saturated heterocycles. The lowest BCUT2D eigenvalue weighted by Gasteiger charge is -2.30. The van der Waals surface area contributed by atoms with E-state index in [-0.39, 0.29) is 5.54 Å². The molecule has 1 rings (SSSR count). The van der Waals surface area contributed by atoms with Crippen LogP contribution in [0.3, 0.4) is 0 Å². The van der Waals surface area contributed by atoms with Crippen molar-refractivity contribution in [3.63, 3.8) is 0 Å². The molecule has 2 N–H and O–H groups in total.